The molecule has 0 saturated carbocycles. The molecule has 0 spiro atoms. The molecular weight excluding hydrogens is 427 g/mol. The van der Waals surface area contributed by atoms with Gasteiger partial charge in [0.05, 0.1) is 0 Å². The van der Waals surface area contributed by atoms with Gasteiger partial charge in [0.1, 0.15) is 0 Å². The maximum absolute atomic E-state index is 11.8. The Morgan fingerprint density at radius 2 is 1.80 bits per heavy atom. The summed E-state index contributed by atoms with van der Waals surface area (Å²) in [6.45, 7) is 4.30. The number of pyridine rings is 1. The van der Waals surface area contributed by atoms with Crippen LogP contribution in [0.25, 0.3) is 0 Å². The Morgan fingerprint density at radius 3 is 2.48 bits per heavy atom. The van der Waals surface area contributed by atoms with E-state index >= 15 is 0 Å². The van der Waals surface area contributed by atoms with Crippen LogP contribution in [0.1, 0.15) is 24.1 Å². The number of aryl methyl sites for hydroxylation is 1. The number of unbranched alkanes of at least 4 members (excludes halogenated alkanes) is 1. The standard InChI is InChI=1S/C19H26N4O.HI/c1-16-9-8-12-18(24)23(16)14-7-6-13-21-19(20-2)22-15-17-10-4-3-5-11-17;/h3-5,8-12H,6-7,13-15H2,1-2H3,(H2,20,21,22);1H. The van der Waals surface area contributed by atoms with Gasteiger partial charge in [0.25, 0.3) is 5.56 Å². The van der Waals surface area contributed by atoms with Crippen LogP contribution < -0.4 is 16.2 Å². The summed E-state index contributed by atoms with van der Waals surface area (Å²) >= 11 is 0. The fraction of sp³-hybridized carbons (Fsp3) is 0.368. The molecule has 2 aromatic rings. The molecule has 6 heteroatoms. The molecule has 1 heterocycles. The third-order valence-corrected chi connectivity index (χ3v) is 3.90. The maximum Gasteiger partial charge on any atom is 0.250 e. The highest BCUT2D eigenvalue weighted by Gasteiger charge is 2.00. The monoisotopic (exact) mass is 454 g/mol. The van der Waals surface area contributed by atoms with E-state index in [0.29, 0.717) is 0 Å². The highest BCUT2D eigenvalue weighted by atomic mass is 127. The van der Waals surface area contributed by atoms with Crippen molar-refractivity contribution in [2.45, 2.75) is 32.9 Å². The highest BCUT2D eigenvalue weighted by Crippen LogP contribution is 1.98. The van der Waals surface area contributed by atoms with Crippen LogP contribution in [0.15, 0.2) is 58.3 Å². The molecule has 0 amide bonds. The molecule has 0 radical (unpaired) electrons. The van der Waals surface area contributed by atoms with Crippen LogP contribution in [0.3, 0.4) is 0 Å². The van der Waals surface area contributed by atoms with Crippen molar-refractivity contribution in [2.75, 3.05) is 13.6 Å². The van der Waals surface area contributed by atoms with Crippen LogP contribution >= 0.6 is 24.0 Å². The van der Waals surface area contributed by atoms with Crippen LogP contribution in [0.5, 0.6) is 0 Å². The molecule has 0 bridgehead atoms. The molecule has 0 atom stereocenters. The quantitative estimate of drug-likeness (QED) is 0.293. The van der Waals surface area contributed by atoms with Crippen molar-refractivity contribution in [3.63, 3.8) is 0 Å². The van der Waals surface area contributed by atoms with Gasteiger partial charge in [-0.05, 0) is 31.4 Å². The zero-order valence-corrected chi connectivity index (χ0v) is 17.2. The molecule has 2 rings (SSSR count). The number of rotatable bonds is 7. The lowest BCUT2D eigenvalue weighted by Crippen LogP contribution is -2.37. The molecule has 25 heavy (non-hydrogen) atoms. The first-order valence-electron chi connectivity index (χ1n) is 8.35. The molecule has 1 aromatic heterocycles. The number of halogens is 1. The van der Waals surface area contributed by atoms with Crippen LogP contribution in [0.2, 0.25) is 0 Å². The summed E-state index contributed by atoms with van der Waals surface area (Å²) in [7, 11) is 1.77. The second kappa shape index (κ2) is 11.7. The van der Waals surface area contributed by atoms with E-state index in [1.54, 1.807) is 19.2 Å². The number of benzene rings is 1. The minimum atomic E-state index is 0. The Kier molecular flexibility index (Phi) is 9.91. The summed E-state index contributed by atoms with van der Waals surface area (Å²) in [6.07, 6.45) is 1.93. The van der Waals surface area contributed by atoms with Gasteiger partial charge in [-0.1, -0.05) is 36.4 Å². The van der Waals surface area contributed by atoms with Crippen molar-refractivity contribution in [1.29, 1.82) is 0 Å². The third-order valence-electron chi connectivity index (χ3n) is 3.90. The molecule has 136 valence electrons. The first-order valence-corrected chi connectivity index (χ1v) is 8.35. The molecule has 5 nitrogen and oxygen atoms in total. The van der Waals surface area contributed by atoms with Crippen molar-refractivity contribution in [1.82, 2.24) is 15.2 Å². The fourth-order valence-corrected chi connectivity index (χ4v) is 2.51. The predicted molar refractivity (Wildman–Crippen MR) is 115 cm³/mol. The Bertz CT molecular complexity index is 713. The number of guanidine groups is 1. The number of nitrogens with one attached hydrogen (secondary N) is 2. The Balaban J connectivity index is 0.00000312. The smallest absolute Gasteiger partial charge is 0.250 e. The van der Waals surface area contributed by atoms with Gasteiger partial charge in [0.15, 0.2) is 5.96 Å². The molecule has 0 aliphatic carbocycles. The maximum atomic E-state index is 11.8. The molecular formula is C19H27IN4O. The van der Waals surface area contributed by atoms with Gasteiger partial charge < -0.3 is 15.2 Å². The summed E-state index contributed by atoms with van der Waals surface area (Å²) in [4.78, 5) is 16.0. The van der Waals surface area contributed by atoms with Gasteiger partial charge in [-0.2, -0.15) is 0 Å². The number of hydrogen-bond acceptors (Lipinski definition) is 2. The van der Waals surface area contributed by atoms with Crippen molar-refractivity contribution < 1.29 is 0 Å². The lowest BCUT2D eigenvalue weighted by atomic mass is 10.2. The number of aromatic nitrogens is 1. The predicted octanol–water partition coefficient (Wildman–Crippen LogP) is 2.92. The lowest BCUT2D eigenvalue weighted by molar-refractivity contribution is 0.575. The van der Waals surface area contributed by atoms with Gasteiger partial charge in [-0.25, -0.2) is 0 Å². The second-order valence-electron chi connectivity index (χ2n) is 5.70. The van der Waals surface area contributed by atoms with Crippen LogP contribution in [-0.2, 0) is 13.1 Å². The van der Waals surface area contributed by atoms with Gasteiger partial charge in [0, 0.05) is 38.4 Å². The van der Waals surface area contributed by atoms with E-state index in [-0.39, 0.29) is 29.5 Å². The zero-order valence-electron chi connectivity index (χ0n) is 14.9. The minimum Gasteiger partial charge on any atom is -0.356 e. The van der Waals surface area contributed by atoms with Crippen molar-refractivity contribution >= 4 is 29.9 Å². The van der Waals surface area contributed by atoms with Crippen molar-refractivity contribution in [2.24, 2.45) is 4.99 Å². The van der Waals surface area contributed by atoms with Gasteiger partial charge in [0.2, 0.25) is 0 Å². The fourth-order valence-electron chi connectivity index (χ4n) is 2.51. The average Bonchev–Trinajstić information content (AvgIpc) is 2.60. The van der Waals surface area contributed by atoms with Crippen molar-refractivity contribution in [3.05, 3.63) is 70.1 Å². The van der Waals surface area contributed by atoms with Crippen LogP contribution in [0, 0.1) is 6.92 Å². The average molecular weight is 454 g/mol. The summed E-state index contributed by atoms with van der Waals surface area (Å²) in [5.74, 6) is 0.798. The Morgan fingerprint density at radius 1 is 1.04 bits per heavy atom. The van der Waals surface area contributed by atoms with E-state index < -0.39 is 0 Å². The van der Waals surface area contributed by atoms with E-state index in [9.17, 15) is 4.79 Å². The largest absolute Gasteiger partial charge is 0.356 e. The topological polar surface area (TPSA) is 58.4 Å². The van der Waals surface area contributed by atoms with E-state index in [1.165, 1.54) is 5.56 Å². The second-order valence-corrected chi connectivity index (χ2v) is 5.70. The van der Waals surface area contributed by atoms with Crippen molar-refractivity contribution in [3.8, 4) is 0 Å². The lowest BCUT2D eigenvalue weighted by Gasteiger charge is -2.12. The summed E-state index contributed by atoms with van der Waals surface area (Å²) in [5, 5.41) is 6.60. The Labute approximate surface area is 166 Å². The van der Waals surface area contributed by atoms with E-state index in [0.717, 1.165) is 44.1 Å². The normalized spacial score (nSPS) is 10.9. The number of nitrogens with zero attached hydrogens (tertiary/aromatic N) is 2. The Hall–Kier alpha value is -1.83. The third kappa shape index (κ3) is 7.29. The minimum absolute atomic E-state index is 0. The first-order chi connectivity index (χ1) is 11.7. The summed E-state index contributed by atoms with van der Waals surface area (Å²) in [6, 6.07) is 15.6. The molecule has 0 aliphatic rings. The van der Waals surface area contributed by atoms with Crippen LogP contribution in [-0.4, -0.2) is 24.1 Å². The highest BCUT2D eigenvalue weighted by molar-refractivity contribution is 14.0. The molecule has 0 fully saturated rings. The molecule has 0 unspecified atom stereocenters. The van der Waals surface area contributed by atoms with Gasteiger partial charge >= 0.3 is 0 Å². The number of aliphatic imine (C=N–C) groups is 1. The molecule has 0 saturated heterocycles. The van der Waals surface area contributed by atoms with E-state index in [1.807, 2.05) is 35.8 Å². The summed E-state index contributed by atoms with van der Waals surface area (Å²) < 4.78 is 1.82. The van der Waals surface area contributed by atoms with Crippen LogP contribution in [0.4, 0.5) is 0 Å². The first kappa shape index (κ1) is 21.2. The van der Waals surface area contributed by atoms with E-state index in [4.69, 9.17) is 0 Å². The van der Waals surface area contributed by atoms with E-state index in [2.05, 4.69) is 27.8 Å². The molecule has 0 aliphatic heterocycles. The molecule has 2 N–H and O–H groups in total. The van der Waals surface area contributed by atoms with Gasteiger partial charge in [-0.15, -0.1) is 24.0 Å². The SMILES string of the molecule is CN=C(NCCCCn1c(C)cccc1=O)NCc1ccccc1.I. The number of hydrogen-bond donors (Lipinski definition) is 2. The zero-order chi connectivity index (χ0) is 17.2. The summed E-state index contributed by atoms with van der Waals surface area (Å²) in [5.41, 5.74) is 2.30. The van der Waals surface area contributed by atoms with Gasteiger partial charge in [-0.3, -0.25) is 9.79 Å². The molecule has 1 aromatic carbocycles.